The van der Waals surface area contributed by atoms with E-state index in [1.165, 1.54) is 0 Å². The molecule has 0 aliphatic carbocycles. The van der Waals surface area contributed by atoms with E-state index in [1.807, 2.05) is 6.92 Å². The summed E-state index contributed by atoms with van der Waals surface area (Å²) in [5, 5.41) is 5.39. The van der Waals surface area contributed by atoms with E-state index in [4.69, 9.17) is 0 Å². The van der Waals surface area contributed by atoms with Gasteiger partial charge in [-0.1, -0.05) is 19.8 Å². The highest BCUT2D eigenvalue weighted by Gasteiger charge is 2.47. The Morgan fingerprint density at radius 2 is 1.93 bits per heavy atom. The van der Waals surface area contributed by atoms with Gasteiger partial charge in [0.25, 0.3) is 5.91 Å². The molecule has 1 aromatic rings. The van der Waals surface area contributed by atoms with Crippen LogP contribution in [0, 0.1) is 0 Å². The zero-order valence-electron chi connectivity index (χ0n) is 16.3. The van der Waals surface area contributed by atoms with Crippen LogP contribution in [0.25, 0.3) is 0 Å². The Labute approximate surface area is 164 Å². The van der Waals surface area contributed by atoms with Gasteiger partial charge in [0.2, 0.25) is 11.8 Å². The minimum absolute atomic E-state index is 0.0986. The molecule has 0 spiro atoms. The molecule has 2 aliphatic rings. The van der Waals surface area contributed by atoms with Crippen molar-refractivity contribution in [2.75, 3.05) is 23.3 Å². The first kappa shape index (κ1) is 19.9. The molecule has 2 N–H and O–H groups in total. The van der Waals surface area contributed by atoms with Crippen molar-refractivity contribution >= 4 is 35.1 Å². The number of imide groups is 1. The van der Waals surface area contributed by atoms with Crippen LogP contribution in [0.5, 0.6) is 0 Å². The quantitative estimate of drug-likeness (QED) is 0.702. The van der Waals surface area contributed by atoms with Gasteiger partial charge in [0.15, 0.2) is 0 Å². The highest BCUT2D eigenvalue weighted by atomic mass is 16.2. The molecule has 1 atom stereocenters. The summed E-state index contributed by atoms with van der Waals surface area (Å²) in [5.41, 5.74) is 0.388. The van der Waals surface area contributed by atoms with E-state index >= 15 is 0 Å². The number of nitrogens with one attached hydrogen (secondary N) is 2. The maximum atomic E-state index is 12.6. The van der Waals surface area contributed by atoms with Gasteiger partial charge in [0.05, 0.1) is 0 Å². The van der Waals surface area contributed by atoms with Crippen LogP contribution in [-0.4, -0.2) is 47.3 Å². The van der Waals surface area contributed by atoms with Crippen LogP contribution in [0.3, 0.4) is 0 Å². The second-order valence-corrected chi connectivity index (χ2v) is 7.50. The van der Waals surface area contributed by atoms with Crippen LogP contribution in [-0.2, 0) is 14.4 Å². The lowest BCUT2D eigenvalue weighted by molar-refractivity contribution is -0.133. The van der Waals surface area contributed by atoms with Gasteiger partial charge in [0.1, 0.15) is 12.1 Å². The number of hydrogen-bond acceptors (Lipinski definition) is 4. The van der Waals surface area contributed by atoms with Crippen molar-refractivity contribution in [2.24, 2.45) is 0 Å². The zero-order valence-corrected chi connectivity index (χ0v) is 16.3. The Kier molecular flexibility index (Phi) is 5.67. The van der Waals surface area contributed by atoms with Crippen LogP contribution in [0.1, 0.15) is 46.0 Å². The lowest BCUT2D eigenvalue weighted by atomic mass is 9.95. The van der Waals surface area contributed by atoms with Gasteiger partial charge in [-0.05, 0) is 44.0 Å². The summed E-state index contributed by atoms with van der Waals surface area (Å²) in [6.45, 7) is 4.08. The van der Waals surface area contributed by atoms with Gasteiger partial charge >= 0.3 is 6.03 Å². The number of carbonyl (C=O) groups excluding carboxylic acids is 4. The SMILES string of the molecule is CCCC[C@]1(C)NC(=O)N(CC(=O)Nc2ccc(N3CCCC3=O)cc2)C1=O. The van der Waals surface area contributed by atoms with Gasteiger partial charge in [-0.3, -0.25) is 19.3 Å². The largest absolute Gasteiger partial charge is 0.325 e. The fourth-order valence-electron chi connectivity index (χ4n) is 3.58. The number of amides is 5. The summed E-state index contributed by atoms with van der Waals surface area (Å²) in [6.07, 6.45) is 3.68. The van der Waals surface area contributed by atoms with Gasteiger partial charge in [-0.25, -0.2) is 4.79 Å². The number of anilines is 2. The van der Waals surface area contributed by atoms with Crippen molar-refractivity contribution < 1.29 is 19.2 Å². The van der Waals surface area contributed by atoms with Crippen molar-refractivity contribution in [3.8, 4) is 0 Å². The van der Waals surface area contributed by atoms with Crippen molar-refractivity contribution in [3.63, 3.8) is 0 Å². The smallest absolute Gasteiger partial charge is 0.325 e. The average molecular weight is 386 g/mol. The molecule has 2 heterocycles. The molecule has 0 radical (unpaired) electrons. The summed E-state index contributed by atoms with van der Waals surface area (Å²) in [5.74, 6) is -0.723. The van der Waals surface area contributed by atoms with E-state index in [9.17, 15) is 19.2 Å². The van der Waals surface area contributed by atoms with Crippen molar-refractivity contribution in [1.29, 1.82) is 0 Å². The number of unbranched alkanes of at least 4 members (excludes halogenated alkanes) is 1. The third kappa shape index (κ3) is 4.00. The standard InChI is InChI=1S/C20H26N4O4/c1-3-4-11-20(2)18(27)24(19(28)22-20)13-16(25)21-14-7-9-15(10-8-14)23-12-5-6-17(23)26/h7-10H,3-6,11-13H2,1-2H3,(H,21,25)(H,22,28)/t20-/m0/s1. The summed E-state index contributed by atoms with van der Waals surface area (Å²) in [7, 11) is 0. The number of rotatable bonds is 7. The summed E-state index contributed by atoms with van der Waals surface area (Å²) >= 11 is 0. The van der Waals surface area contributed by atoms with E-state index in [0.29, 0.717) is 25.1 Å². The van der Waals surface area contributed by atoms with Crippen molar-refractivity contribution in [3.05, 3.63) is 24.3 Å². The molecule has 150 valence electrons. The van der Waals surface area contributed by atoms with Gasteiger partial charge < -0.3 is 15.5 Å². The molecule has 2 aliphatic heterocycles. The van der Waals surface area contributed by atoms with Gasteiger partial charge in [-0.15, -0.1) is 0 Å². The van der Waals surface area contributed by atoms with E-state index in [-0.39, 0.29) is 18.4 Å². The molecule has 0 saturated carbocycles. The molecular formula is C20H26N4O4. The molecule has 2 fully saturated rings. The Hall–Kier alpha value is -2.90. The highest BCUT2D eigenvalue weighted by Crippen LogP contribution is 2.24. The first-order chi connectivity index (χ1) is 13.3. The normalized spacial score (nSPS) is 22.0. The zero-order chi connectivity index (χ0) is 20.3. The first-order valence-corrected chi connectivity index (χ1v) is 9.68. The Bertz CT molecular complexity index is 792. The summed E-state index contributed by atoms with van der Waals surface area (Å²) in [4.78, 5) is 51.5. The molecule has 8 heteroatoms. The van der Waals surface area contributed by atoms with Gasteiger partial charge in [-0.2, -0.15) is 0 Å². The predicted octanol–water partition coefficient (Wildman–Crippen LogP) is 2.25. The molecule has 28 heavy (non-hydrogen) atoms. The van der Waals surface area contributed by atoms with Crippen LogP contribution in [0.4, 0.5) is 16.2 Å². The monoisotopic (exact) mass is 386 g/mol. The Morgan fingerprint density at radius 3 is 2.54 bits per heavy atom. The first-order valence-electron chi connectivity index (χ1n) is 9.68. The van der Waals surface area contributed by atoms with E-state index < -0.39 is 17.5 Å². The third-order valence-electron chi connectivity index (χ3n) is 5.21. The summed E-state index contributed by atoms with van der Waals surface area (Å²) < 4.78 is 0. The number of hydrogen-bond donors (Lipinski definition) is 2. The second kappa shape index (κ2) is 8.00. The lowest BCUT2D eigenvalue weighted by Gasteiger charge is -2.21. The molecular weight excluding hydrogens is 360 g/mol. The number of nitrogens with zero attached hydrogens (tertiary/aromatic N) is 2. The van der Waals surface area contributed by atoms with Crippen LogP contribution in [0.2, 0.25) is 0 Å². The van der Waals surface area contributed by atoms with Crippen LogP contribution < -0.4 is 15.5 Å². The molecule has 2 saturated heterocycles. The van der Waals surface area contributed by atoms with Gasteiger partial charge in [0, 0.05) is 24.3 Å². The van der Waals surface area contributed by atoms with E-state index in [0.717, 1.165) is 29.8 Å². The summed E-state index contributed by atoms with van der Waals surface area (Å²) in [6, 6.07) is 6.41. The topological polar surface area (TPSA) is 98.8 Å². The number of urea groups is 1. The Morgan fingerprint density at radius 1 is 1.21 bits per heavy atom. The molecule has 3 rings (SSSR count). The fraction of sp³-hybridized carbons (Fsp3) is 0.500. The van der Waals surface area contributed by atoms with Crippen molar-refractivity contribution in [2.45, 2.75) is 51.5 Å². The predicted molar refractivity (Wildman–Crippen MR) is 105 cm³/mol. The second-order valence-electron chi connectivity index (χ2n) is 7.50. The average Bonchev–Trinajstić information content (AvgIpc) is 3.18. The number of benzene rings is 1. The fourth-order valence-corrected chi connectivity index (χ4v) is 3.58. The molecule has 1 aromatic carbocycles. The minimum Gasteiger partial charge on any atom is -0.325 e. The highest BCUT2D eigenvalue weighted by molar-refractivity contribution is 6.10. The molecule has 0 unspecified atom stereocenters. The molecule has 0 aromatic heterocycles. The molecule has 5 amide bonds. The maximum Gasteiger partial charge on any atom is 0.325 e. The third-order valence-corrected chi connectivity index (χ3v) is 5.21. The van der Waals surface area contributed by atoms with Crippen molar-refractivity contribution in [1.82, 2.24) is 10.2 Å². The van der Waals surface area contributed by atoms with E-state index in [1.54, 1.807) is 36.1 Å². The Balaban J connectivity index is 1.59. The number of carbonyl (C=O) groups is 4. The van der Waals surface area contributed by atoms with E-state index in [2.05, 4.69) is 10.6 Å². The molecule has 0 bridgehead atoms. The lowest BCUT2D eigenvalue weighted by Crippen LogP contribution is -2.44. The van der Waals surface area contributed by atoms with Crippen LogP contribution in [0.15, 0.2) is 24.3 Å². The maximum absolute atomic E-state index is 12.6. The molecule has 8 nitrogen and oxygen atoms in total. The van der Waals surface area contributed by atoms with Crippen LogP contribution >= 0.6 is 0 Å². The minimum atomic E-state index is -0.947.